The average molecular weight is 210 g/mol. The van der Waals surface area contributed by atoms with E-state index >= 15 is 0 Å². The summed E-state index contributed by atoms with van der Waals surface area (Å²) < 4.78 is 38.3. The van der Waals surface area contributed by atoms with Crippen LogP contribution in [0.5, 0.6) is 0 Å². The molecule has 1 rings (SSSR count). The van der Waals surface area contributed by atoms with E-state index in [1.54, 1.807) is 6.92 Å². The normalized spacial score (nSPS) is 27.1. The Morgan fingerprint density at radius 1 is 1.62 bits per heavy atom. The fourth-order valence-electron chi connectivity index (χ4n) is 1.66. The molecule has 1 heterocycles. The van der Waals surface area contributed by atoms with Crippen molar-refractivity contribution in [3.05, 3.63) is 0 Å². The molecule has 0 aliphatic carbocycles. The third-order valence-electron chi connectivity index (χ3n) is 2.46. The molecule has 13 heavy (non-hydrogen) atoms. The van der Waals surface area contributed by atoms with Gasteiger partial charge < -0.3 is 4.74 Å². The number of hydrogen-bond donors (Lipinski definition) is 0. The molecule has 0 saturated carbocycles. The van der Waals surface area contributed by atoms with Gasteiger partial charge in [-0.3, -0.25) is 0 Å². The van der Waals surface area contributed by atoms with Crippen molar-refractivity contribution in [2.45, 2.75) is 19.8 Å². The zero-order valence-corrected chi connectivity index (χ0v) is 8.52. The molecule has 0 bridgehead atoms. The number of ether oxygens (including phenoxy) is 1. The van der Waals surface area contributed by atoms with Gasteiger partial charge in [-0.1, -0.05) is 6.92 Å². The highest BCUT2D eigenvalue weighted by Gasteiger charge is 2.24. The van der Waals surface area contributed by atoms with Crippen LogP contribution < -0.4 is 0 Å². The summed E-state index contributed by atoms with van der Waals surface area (Å²) in [6.07, 6.45) is 1.89. The fraction of sp³-hybridized carbons (Fsp3) is 1.00. The van der Waals surface area contributed by atoms with E-state index in [0.29, 0.717) is 6.61 Å². The predicted octanol–water partition coefficient (Wildman–Crippen LogP) is 1.35. The SMILES string of the molecule is CC(CS(=O)(=O)F)C1CCCOC1. The third-order valence-corrected chi connectivity index (χ3v) is 3.39. The molecule has 1 aliphatic heterocycles. The van der Waals surface area contributed by atoms with Crippen molar-refractivity contribution in [3.63, 3.8) is 0 Å². The van der Waals surface area contributed by atoms with Crippen LogP contribution in [0, 0.1) is 11.8 Å². The third kappa shape index (κ3) is 4.04. The molecule has 2 unspecified atom stereocenters. The molecule has 0 aromatic heterocycles. The molecule has 2 atom stereocenters. The van der Waals surface area contributed by atoms with Crippen molar-refractivity contribution in [3.8, 4) is 0 Å². The molecule has 0 aromatic rings. The molecule has 0 aromatic carbocycles. The molecular formula is C8H15FO3S. The van der Waals surface area contributed by atoms with Crippen LogP contribution in [0.3, 0.4) is 0 Å². The largest absolute Gasteiger partial charge is 0.381 e. The van der Waals surface area contributed by atoms with Gasteiger partial charge in [0.1, 0.15) is 0 Å². The van der Waals surface area contributed by atoms with Crippen LogP contribution in [-0.4, -0.2) is 27.4 Å². The summed E-state index contributed by atoms with van der Waals surface area (Å²) in [4.78, 5) is 0. The van der Waals surface area contributed by atoms with Gasteiger partial charge in [0.05, 0.1) is 5.75 Å². The van der Waals surface area contributed by atoms with E-state index in [0.717, 1.165) is 19.4 Å². The Bertz CT molecular complexity index is 244. The molecular weight excluding hydrogens is 195 g/mol. The molecule has 5 heteroatoms. The molecule has 1 fully saturated rings. The summed E-state index contributed by atoms with van der Waals surface area (Å²) in [5.41, 5.74) is 0. The van der Waals surface area contributed by atoms with Crippen LogP contribution in [0.25, 0.3) is 0 Å². The van der Waals surface area contributed by atoms with Crippen LogP contribution in [-0.2, 0) is 15.0 Å². The first-order chi connectivity index (χ1) is 5.99. The Hall–Kier alpha value is -0.160. The maximum Gasteiger partial charge on any atom is 0.302 e. The van der Waals surface area contributed by atoms with Gasteiger partial charge >= 0.3 is 10.2 Å². The van der Waals surface area contributed by atoms with Crippen LogP contribution in [0.15, 0.2) is 0 Å². The van der Waals surface area contributed by atoms with E-state index in [4.69, 9.17) is 4.74 Å². The van der Waals surface area contributed by atoms with Crippen LogP contribution >= 0.6 is 0 Å². The lowest BCUT2D eigenvalue weighted by Gasteiger charge is -2.26. The smallest absolute Gasteiger partial charge is 0.302 e. The highest BCUT2D eigenvalue weighted by atomic mass is 32.3. The second kappa shape index (κ2) is 4.37. The first-order valence-electron chi connectivity index (χ1n) is 4.49. The van der Waals surface area contributed by atoms with Crippen molar-refractivity contribution >= 4 is 10.2 Å². The summed E-state index contributed by atoms with van der Waals surface area (Å²) in [5.74, 6) is -0.323. The lowest BCUT2D eigenvalue weighted by molar-refractivity contribution is 0.0377. The first kappa shape index (κ1) is 10.9. The fourth-order valence-corrected chi connectivity index (χ4v) is 2.56. The lowest BCUT2D eigenvalue weighted by Crippen LogP contribution is -2.27. The van der Waals surface area contributed by atoms with Crippen molar-refractivity contribution in [1.82, 2.24) is 0 Å². The van der Waals surface area contributed by atoms with Crippen LogP contribution in [0.4, 0.5) is 3.89 Å². The number of rotatable bonds is 3. The van der Waals surface area contributed by atoms with E-state index in [1.807, 2.05) is 0 Å². The van der Waals surface area contributed by atoms with E-state index in [1.165, 1.54) is 0 Å². The maximum atomic E-state index is 12.3. The second-order valence-corrected chi connectivity index (χ2v) is 5.07. The Morgan fingerprint density at radius 3 is 2.77 bits per heavy atom. The van der Waals surface area contributed by atoms with Gasteiger partial charge in [-0.25, -0.2) is 0 Å². The van der Waals surface area contributed by atoms with Crippen molar-refractivity contribution in [1.29, 1.82) is 0 Å². The van der Waals surface area contributed by atoms with Gasteiger partial charge in [-0.15, -0.1) is 3.89 Å². The molecule has 1 aliphatic rings. The van der Waals surface area contributed by atoms with E-state index in [9.17, 15) is 12.3 Å². The molecule has 0 spiro atoms. The minimum Gasteiger partial charge on any atom is -0.381 e. The topological polar surface area (TPSA) is 43.4 Å². The lowest BCUT2D eigenvalue weighted by atomic mass is 9.91. The van der Waals surface area contributed by atoms with Gasteiger partial charge in [0.2, 0.25) is 0 Å². The molecule has 0 radical (unpaired) electrons. The van der Waals surface area contributed by atoms with Crippen LogP contribution in [0.1, 0.15) is 19.8 Å². The van der Waals surface area contributed by atoms with Crippen molar-refractivity contribution < 1.29 is 17.0 Å². The summed E-state index contributed by atoms with van der Waals surface area (Å²) >= 11 is 0. The predicted molar refractivity (Wildman–Crippen MR) is 47.6 cm³/mol. The Kier molecular flexibility index (Phi) is 3.67. The van der Waals surface area contributed by atoms with Gasteiger partial charge in [0.25, 0.3) is 0 Å². The quantitative estimate of drug-likeness (QED) is 0.660. The number of hydrogen-bond acceptors (Lipinski definition) is 3. The van der Waals surface area contributed by atoms with Gasteiger partial charge in [-0.2, -0.15) is 8.42 Å². The van der Waals surface area contributed by atoms with Crippen molar-refractivity contribution in [2.24, 2.45) is 11.8 Å². The monoisotopic (exact) mass is 210 g/mol. The van der Waals surface area contributed by atoms with E-state index in [2.05, 4.69) is 0 Å². The minimum absolute atomic E-state index is 0.143. The zero-order chi connectivity index (χ0) is 9.90. The van der Waals surface area contributed by atoms with Gasteiger partial charge in [-0.05, 0) is 24.7 Å². The molecule has 78 valence electrons. The maximum absolute atomic E-state index is 12.3. The van der Waals surface area contributed by atoms with E-state index < -0.39 is 10.2 Å². The Morgan fingerprint density at radius 2 is 2.31 bits per heavy atom. The zero-order valence-electron chi connectivity index (χ0n) is 7.70. The minimum atomic E-state index is -4.33. The second-order valence-electron chi connectivity index (χ2n) is 3.66. The molecule has 3 nitrogen and oxygen atoms in total. The van der Waals surface area contributed by atoms with Gasteiger partial charge in [0.15, 0.2) is 0 Å². The molecule has 1 saturated heterocycles. The Labute approximate surface area is 78.5 Å². The van der Waals surface area contributed by atoms with Crippen molar-refractivity contribution in [2.75, 3.05) is 19.0 Å². The van der Waals surface area contributed by atoms with Crippen LogP contribution in [0.2, 0.25) is 0 Å². The standard InChI is InChI=1S/C8H15FO3S/c1-7(6-13(9,10)11)8-3-2-4-12-5-8/h7-8H,2-6H2,1H3. The molecule has 0 amide bonds. The van der Waals surface area contributed by atoms with E-state index in [-0.39, 0.29) is 17.6 Å². The summed E-state index contributed by atoms with van der Waals surface area (Å²) in [6, 6.07) is 0. The average Bonchev–Trinajstić information content (AvgIpc) is 2.03. The van der Waals surface area contributed by atoms with Gasteiger partial charge in [0, 0.05) is 13.2 Å². The first-order valence-corrected chi connectivity index (χ1v) is 6.04. The highest BCUT2D eigenvalue weighted by molar-refractivity contribution is 7.86. The highest BCUT2D eigenvalue weighted by Crippen LogP contribution is 2.23. The summed E-state index contributed by atoms with van der Waals surface area (Å²) in [7, 11) is -4.33. The molecule has 0 N–H and O–H groups in total. The summed E-state index contributed by atoms with van der Waals surface area (Å²) in [6.45, 7) is 3.07. The summed E-state index contributed by atoms with van der Waals surface area (Å²) in [5, 5.41) is 0. The number of halogens is 1. The Balaban J connectivity index is 2.42.